The van der Waals surface area contributed by atoms with Gasteiger partial charge in [-0.25, -0.2) is 0 Å². The van der Waals surface area contributed by atoms with Gasteiger partial charge in [0.1, 0.15) is 4.88 Å². The van der Waals surface area contributed by atoms with Crippen LogP contribution < -0.4 is 5.73 Å². The van der Waals surface area contributed by atoms with Crippen molar-refractivity contribution in [3.8, 4) is 0 Å². The molecular weight excluding hydrogens is 320 g/mol. The zero-order valence-corrected chi connectivity index (χ0v) is 12.4. The number of amides is 1. The molecule has 1 amide bonds. The van der Waals surface area contributed by atoms with Crippen LogP contribution >= 0.6 is 39.5 Å². The van der Waals surface area contributed by atoms with Crippen molar-refractivity contribution in [1.82, 2.24) is 4.90 Å². The Hall–Kier alpha value is -0.460. The second-order valence-electron chi connectivity index (χ2n) is 4.04. The van der Waals surface area contributed by atoms with Gasteiger partial charge in [-0.3, -0.25) is 4.79 Å². The third-order valence-corrected chi connectivity index (χ3v) is 4.69. The summed E-state index contributed by atoms with van der Waals surface area (Å²) in [6, 6.07) is 2.28. The molecule has 2 N–H and O–H groups in total. The van der Waals surface area contributed by atoms with E-state index in [0.717, 1.165) is 22.2 Å². The Balaban J connectivity index is 2.08. The summed E-state index contributed by atoms with van der Waals surface area (Å²) in [4.78, 5) is 15.5. The van der Waals surface area contributed by atoms with Crippen LogP contribution in [0.4, 0.5) is 0 Å². The van der Waals surface area contributed by atoms with Gasteiger partial charge in [-0.1, -0.05) is 12.2 Å². The smallest absolute Gasteiger partial charge is 0.265 e. The zero-order valence-electron chi connectivity index (χ0n) is 9.19. The van der Waals surface area contributed by atoms with E-state index in [-0.39, 0.29) is 5.91 Å². The fraction of sp³-hybridized carbons (Fsp3) is 0.455. The molecule has 1 aromatic heterocycles. The third kappa shape index (κ3) is 3.26. The summed E-state index contributed by atoms with van der Waals surface area (Å²) < 4.78 is 0.869. The van der Waals surface area contributed by atoms with Gasteiger partial charge in [0.25, 0.3) is 5.91 Å². The van der Waals surface area contributed by atoms with Crippen LogP contribution in [0.25, 0.3) is 0 Å². The maximum atomic E-state index is 12.3. The van der Waals surface area contributed by atoms with Crippen LogP contribution in [0.15, 0.2) is 15.9 Å². The molecule has 0 unspecified atom stereocenters. The van der Waals surface area contributed by atoms with Crippen LogP contribution in [-0.2, 0) is 0 Å². The summed E-state index contributed by atoms with van der Waals surface area (Å²) in [7, 11) is 0. The Bertz CT molecular complexity index is 442. The van der Waals surface area contributed by atoms with E-state index >= 15 is 0 Å². The Morgan fingerprint density at radius 1 is 1.65 bits per heavy atom. The second-order valence-corrected chi connectivity index (χ2v) is 6.34. The lowest BCUT2D eigenvalue weighted by Gasteiger charge is -2.21. The second kappa shape index (κ2) is 5.46. The lowest BCUT2D eigenvalue weighted by molar-refractivity contribution is 0.0752. The SMILES string of the molecule is NC(=S)CCN(C(=O)c1sccc1Br)C1CC1. The highest BCUT2D eigenvalue weighted by molar-refractivity contribution is 9.10. The van der Waals surface area contributed by atoms with E-state index in [9.17, 15) is 4.79 Å². The molecular formula is C11H13BrN2OS2. The monoisotopic (exact) mass is 332 g/mol. The van der Waals surface area contributed by atoms with Gasteiger partial charge in [0.05, 0.1) is 4.99 Å². The van der Waals surface area contributed by atoms with E-state index in [1.165, 1.54) is 11.3 Å². The van der Waals surface area contributed by atoms with Crippen molar-refractivity contribution in [3.63, 3.8) is 0 Å². The van der Waals surface area contributed by atoms with Crippen LogP contribution in [0.5, 0.6) is 0 Å². The zero-order chi connectivity index (χ0) is 12.4. The van der Waals surface area contributed by atoms with Gasteiger partial charge in [0, 0.05) is 23.5 Å². The minimum atomic E-state index is 0.0885. The molecule has 0 saturated heterocycles. The summed E-state index contributed by atoms with van der Waals surface area (Å²) in [5, 5.41) is 1.91. The van der Waals surface area contributed by atoms with Gasteiger partial charge in [0.15, 0.2) is 0 Å². The highest BCUT2D eigenvalue weighted by Crippen LogP contribution is 2.31. The van der Waals surface area contributed by atoms with Gasteiger partial charge in [0.2, 0.25) is 0 Å². The van der Waals surface area contributed by atoms with Crippen LogP contribution in [0.3, 0.4) is 0 Å². The molecule has 17 heavy (non-hydrogen) atoms. The minimum absolute atomic E-state index is 0.0885. The van der Waals surface area contributed by atoms with Gasteiger partial charge in [-0.05, 0) is 40.2 Å². The molecule has 1 aromatic rings. The van der Waals surface area contributed by atoms with E-state index in [4.69, 9.17) is 18.0 Å². The molecule has 6 heteroatoms. The average molecular weight is 333 g/mol. The number of carbonyl (C=O) groups excluding carboxylic acids is 1. The predicted octanol–water partition coefficient (Wildman–Crippen LogP) is 2.79. The third-order valence-electron chi connectivity index (χ3n) is 2.66. The van der Waals surface area contributed by atoms with E-state index in [0.29, 0.717) is 24.0 Å². The Labute approximate surface area is 118 Å². The summed E-state index contributed by atoms with van der Waals surface area (Å²) in [6.07, 6.45) is 2.78. The molecule has 1 heterocycles. The minimum Gasteiger partial charge on any atom is -0.393 e. The first-order valence-electron chi connectivity index (χ1n) is 5.42. The van der Waals surface area contributed by atoms with Crippen molar-refractivity contribution >= 4 is 50.4 Å². The van der Waals surface area contributed by atoms with E-state index in [1.807, 2.05) is 16.3 Å². The topological polar surface area (TPSA) is 46.3 Å². The molecule has 0 bridgehead atoms. The van der Waals surface area contributed by atoms with Crippen molar-refractivity contribution in [1.29, 1.82) is 0 Å². The number of nitrogens with two attached hydrogens (primary N) is 1. The number of nitrogens with zero attached hydrogens (tertiary/aromatic N) is 1. The largest absolute Gasteiger partial charge is 0.393 e. The molecule has 2 rings (SSSR count). The van der Waals surface area contributed by atoms with E-state index in [1.54, 1.807) is 0 Å². The number of carbonyl (C=O) groups is 1. The quantitative estimate of drug-likeness (QED) is 0.843. The van der Waals surface area contributed by atoms with E-state index < -0.39 is 0 Å². The summed E-state index contributed by atoms with van der Waals surface area (Å²) in [5.41, 5.74) is 5.50. The molecule has 0 aromatic carbocycles. The van der Waals surface area contributed by atoms with Crippen LogP contribution in [0, 0.1) is 0 Å². The lowest BCUT2D eigenvalue weighted by atomic mass is 10.3. The molecule has 0 spiro atoms. The van der Waals surface area contributed by atoms with Crippen molar-refractivity contribution in [2.24, 2.45) is 5.73 Å². The number of halogens is 1. The molecule has 1 aliphatic carbocycles. The maximum absolute atomic E-state index is 12.3. The van der Waals surface area contributed by atoms with Gasteiger partial charge in [-0.15, -0.1) is 11.3 Å². The van der Waals surface area contributed by atoms with Gasteiger partial charge >= 0.3 is 0 Å². The average Bonchev–Trinajstić information content (AvgIpc) is 3.00. The number of thiocarbonyl (C=S) groups is 1. The molecule has 1 saturated carbocycles. The van der Waals surface area contributed by atoms with Crippen molar-refractivity contribution in [2.45, 2.75) is 25.3 Å². The first-order valence-corrected chi connectivity index (χ1v) is 7.50. The van der Waals surface area contributed by atoms with Gasteiger partial charge in [-0.2, -0.15) is 0 Å². The molecule has 1 aliphatic rings. The van der Waals surface area contributed by atoms with E-state index in [2.05, 4.69) is 15.9 Å². The Morgan fingerprint density at radius 3 is 2.82 bits per heavy atom. The van der Waals surface area contributed by atoms with Crippen LogP contribution in [0.1, 0.15) is 28.9 Å². The standard InChI is InChI=1S/C11H13BrN2OS2/c12-8-4-6-17-10(8)11(15)14(7-1-2-7)5-3-9(13)16/h4,6-7H,1-3,5H2,(H2,13,16). The first kappa shape index (κ1) is 13.0. The van der Waals surface area contributed by atoms with Crippen LogP contribution in [0.2, 0.25) is 0 Å². The Morgan fingerprint density at radius 2 is 2.35 bits per heavy atom. The normalized spacial score (nSPS) is 14.6. The molecule has 92 valence electrons. The summed E-state index contributed by atoms with van der Waals surface area (Å²) >= 11 is 9.73. The predicted molar refractivity (Wildman–Crippen MR) is 77.5 cm³/mol. The summed E-state index contributed by atoms with van der Waals surface area (Å²) in [6.45, 7) is 0.628. The fourth-order valence-electron chi connectivity index (χ4n) is 1.64. The maximum Gasteiger partial charge on any atom is 0.265 e. The number of thiophene rings is 1. The first-order chi connectivity index (χ1) is 8.09. The fourth-order valence-corrected chi connectivity index (χ4v) is 3.23. The van der Waals surface area contributed by atoms with Crippen molar-refractivity contribution in [2.75, 3.05) is 6.54 Å². The van der Waals surface area contributed by atoms with Crippen molar-refractivity contribution < 1.29 is 4.79 Å². The molecule has 3 nitrogen and oxygen atoms in total. The highest BCUT2D eigenvalue weighted by Gasteiger charge is 2.33. The number of rotatable bonds is 5. The number of hydrogen-bond donors (Lipinski definition) is 1. The molecule has 0 aliphatic heterocycles. The molecule has 0 radical (unpaired) electrons. The van der Waals surface area contributed by atoms with Gasteiger partial charge < -0.3 is 10.6 Å². The summed E-state index contributed by atoms with van der Waals surface area (Å²) in [5.74, 6) is 0.0885. The van der Waals surface area contributed by atoms with Crippen molar-refractivity contribution in [3.05, 3.63) is 20.8 Å². The Kier molecular flexibility index (Phi) is 4.17. The molecule has 1 fully saturated rings. The lowest BCUT2D eigenvalue weighted by Crippen LogP contribution is -2.35. The number of hydrogen-bond acceptors (Lipinski definition) is 3. The molecule has 0 atom stereocenters. The highest BCUT2D eigenvalue weighted by atomic mass is 79.9. The van der Waals surface area contributed by atoms with Crippen LogP contribution in [-0.4, -0.2) is 28.4 Å².